The molecule has 0 radical (unpaired) electrons. The van der Waals surface area contributed by atoms with Gasteiger partial charge in [-0.25, -0.2) is 4.99 Å². The molecule has 1 N–H and O–H groups in total. The highest BCUT2D eigenvalue weighted by molar-refractivity contribution is 14.0. The molecule has 3 aromatic rings. The Hall–Kier alpha value is -2.88. The standard InChI is InChI=1S/C26H32N6O.HI/c1-20-29-30-25(31(20)2)19-28-26(27-18-23-9-11-24(33-3)12-10-23)32-15-13-22(14-16-32)17-21-7-5-4-6-8-21;/h4-12,17H,13-16,18-19H2,1-3H3,(H,27,28);1H. The first-order chi connectivity index (χ1) is 16.1. The van der Waals surface area contributed by atoms with Crippen LogP contribution < -0.4 is 10.1 Å². The number of aliphatic imine (C=N–C) groups is 1. The number of guanidine groups is 1. The van der Waals surface area contributed by atoms with Crippen molar-refractivity contribution >= 4 is 36.0 Å². The summed E-state index contributed by atoms with van der Waals surface area (Å²) in [7, 11) is 3.67. The zero-order valence-electron chi connectivity index (χ0n) is 20.1. The van der Waals surface area contributed by atoms with E-state index in [2.05, 4.69) is 69.0 Å². The van der Waals surface area contributed by atoms with Crippen LogP contribution in [0.2, 0.25) is 0 Å². The van der Waals surface area contributed by atoms with Crippen molar-refractivity contribution in [3.05, 3.63) is 82.9 Å². The summed E-state index contributed by atoms with van der Waals surface area (Å²) in [5, 5.41) is 12.0. The van der Waals surface area contributed by atoms with E-state index in [1.807, 2.05) is 30.7 Å². The van der Waals surface area contributed by atoms with Crippen molar-refractivity contribution < 1.29 is 4.74 Å². The zero-order valence-corrected chi connectivity index (χ0v) is 22.4. The van der Waals surface area contributed by atoms with Crippen LogP contribution in [0.15, 0.2) is 65.2 Å². The van der Waals surface area contributed by atoms with Crippen LogP contribution in [0.1, 0.15) is 35.6 Å². The van der Waals surface area contributed by atoms with Crippen molar-refractivity contribution in [1.29, 1.82) is 0 Å². The molecule has 34 heavy (non-hydrogen) atoms. The van der Waals surface area contributed by atoms with Crippen LogP contribution in [0.3, 0.4) is 0 Å². The maximum Gasteiger partial charge on any atom is 0.194 e. The number of likely N-dealkylation sites (tertiary alicyclic amines) is 1. The Labute approximate surface area is 219 Å². The average Bonchev–Trinajstić information content (AvgIpc) is 3.18. The Kier molecular flexibility index (Phi) is 9.50. The van der Waals surface area contributed by atoms with Crippen LogP contribution in [0.5, 0.6) is 5.75 Å². The molecule has 0 aliphatic carbocycles. The van der Waals surface area contributed by atoms with E-state index >= 15 is 0 Å². The van der Waals surface area contributed by atoms with Crippen molar-refractivity contribution in [2.24, 2.45) is 12.0 Å². The van der Waals surface area contributed by atoms with Crippen LogP contribution in [0.4, 0.5) is 0 Å². The third-order valence-corrected chi connectivity index (χ3v) is 6.03. The molecule has 8 heteroatoms. The summed E-state index contributed by atoms with van der Waals surface area (Å²) in [4.78, 5) is 7.29. The number of benzene rings is 2. The van der Waals surface area contributed by atoms with E-state index in [1.54, 1.807) is 7.11 Å². The van der Waals surface area contributed by atoms with E-state index in [4.69, 9.17) is 9.73 Å². The second-order valence-electron chi connectivity index (χ2n) is 8.26. The normalized spacial score (nSPS) is 13.9. The van der Waals surface area contributed by atoms with Gasteiger partial charge < -0.3 is 19.5 Å². The Bertz CT molecular complexity index is 1100. The van der Waals surface area contributed by atoms with Gasteiger partial charge in [0.2, 0.25) is 0 Å². The Morgan fingerprint density at radius 3 is 2.38 bits per heavy atom. The molecule has 0 unspecified atom stereocenters. The van der Waals surface area contributed by atoms with E-state index in [9.17, 15) is 0 Å². The van der Waals surface area contributed by atoms with Crippen molar-refractivity contribution in [2.45, 2.75) is 32.9 Å². The van der Waals surface area contributed by atoms with Gasteiger partial charge in [0.1, 0.15) is 11.6 Å². The van der Waals surface area contributed by atoms with Crippen LogP contribution >= 0.6 is 24.0 Å². The molecule has 0 atom stereocenters. The fourth-order valence-corrected chi connectivity index (χ4v) is 3.86. The fraction of sp³-hybridized carbons (Fsp3) is 0.346. The molecule has 4 rings (SSSR count). The van der Waals surface area contributed by atoms with E-state index in [1.165, 1.54) is 11.1 Å². The molecule has 180 valence electrons. The summed E-state index contributed by atoms with van der Waals surface area (Å²) in [5.41, 5.74) is 3.90. The topological polar surface area (TPSA) is 67.6 Å². The minimum Gasteiger partial charge on any atom is -0.497 e. The third kappa shape index (κ3) is 6.82. The van der Waals surface area contributed by atoms with Gasteiger partial charge in [-0.05, 0) is 43.0 Å². The van der Waals surface area contributed by atoms with Gasteiger partial charge in [0.25, 0.3) is 0 Å². The van der Waals surface area contributed by atoms with Gasteiger partial charge in [-0.2, -0.15) is 0 Å². The number of rotatable bonds is 6. The summed E-state index contributed by atoms with van der Waals surface area (Å²) in [6.45, 7) is 5.02. The van der Waals surface area contributed by atoms with E-state index in [0.717, 1.165) is 54.9 Å². The maximum atomic E-state index is 5.27. The zero-order chi connectivity index (χ0) is 23.0. The summed E-state index contributed by atoms with van der Waals surface area (Å²) < 4.78 is 7.27. The summed E-state index contributed by atoms with van der Waals surface area (Å²) in [6.07, 6.45) is 4.38. The maximum absolute atomic E-state index is 5.27. The highest BCUT2D eigenvalue weighted by Gasteiger charge is 2.18. The molecular formula is C26H33IN6O. The summed E-state index contributed by atoms with van der Waals surface area (Å²) in [6, 6.07) is 18.6. The number of hydrogen-bond donors (Lipinski definition) is 1. The first-order valence-electron chi connectivity index (χ1n) is 11.4. The van der Waals surface area contributed by atoms with E-state index in [0.29, 0.717) is 13.1 Å². The smallest absolute Gasteiger partial charge is 0.194 e. The average molecular weight is 572 g/mol. The Balaban J connectivity index is 0.00000324. The number of aromatic nitrogens is 3. The quantitative estimate of drug-likeness (QED) is 0.266. The number of aryl methyl sites for hydroxylation is 1. The van der Waals surface area contributed by atoms with Gasteiger partial charge >= 0.3 is 0 Å². The molecule has 1 saturated heterocycles. The fourth-order valence-electron chi connectivity index (χ4n) is 3.86. The molecule has 1 fully saturated rings. The number of methoxy groups -OCH3 is 1. The lowest BCUT2D eigenvalue weighted by Crippen LogP contribution is -2.44. The van der Waals surface area contributed by atoms with Gasteiger partial charge in [-0.15, -0.1) is 34.2 Å². The van der Waals surface area contributed by atoms with Crippen molar-refractivity contribution in [3.63, 3.8) is 0 Å². The third-order valence-electron chi connectivity index (χ3n) is 6.03. The number of hydrogen-bond acceptors (Lipinski definition) is 4. The highest BCUT2D eigenvalue weighted by Crippen LogP contribution is 2.20. The predicted octanol–water partition coefficient (Wildman–Crippen LogP) is 4.58. The lowest BCUT2D eigenvalue weighted by molar-refractivity contribution is 0.373. The number of ether oxygens (including phenoxy) is 1. The molecule has 2 heterocycles. The first kappa shape index (κ1) is 25.7. The molecular weight excluding hydrogens is 539 g/mol. The Morgan fingerprint density at radius 1 is 1.06 bits per heavy atom. The monoisotopic (exact) mass is 572 g/mol. The van der Waals surface area contributed by atoms with E-state index < -0.39 is 0 Å². The molecule has 2 aromatic carbocycles. The van der Waals surface area contributed by atoms with Gasteiger partial charge in [0, 0.05) is 20.1 Å². The molecule has 0 bridgehead atoms. The molecule has 0 amide bonds. The number of piperidine rings is 1. The van der Waals surface area contributed by atoms with Crippen molar-refractivity contribution in [2.75, 3.05) is 20.2 Å². The SMILES string of the molecule is COc1ccc(CN=C(NCc2nnc(C)n2C)N2CCC(=Cc3ccccc3)CC2)cc1.I. The minimum atomic E-state index is 0. The second-order valence-corrected chi connectivity index (χ2v) is 8.26. The first-order valence-corrected chi connectivity index (χ1v) is 11.4. The molecule has 1 aromatic heterocycles. The van der Waals surface area contributed by atoms with Gasteiger partial charge in [-0.3, -0.25) is 0 Å². The number of nitrogens with zero attached hydrogens (tertiary/aromatic N) is 5. The van der Waals surface area contributed by atoms with Gasteiger partial charge in [0.05, 0.1) is 20.2 Å². The second kappa shape index (κ2) is 12.5. The summed E-state index contributed by atoms with van der Waals surface area (Å²) in [5.74, 6) is 3.56. The molecule has 0 saturated carbocycles. The number of halogens is 1. The molecule has 1 aliphatic rings. The largest absolute Gasteiger partial charge is 0.497 e. The van der Waals surface area contributed by atoms with Gasteiger partial charge in [-0.1, -0.05) is 54.1 Å². The molecule has 7 nitrogen and oxygen atoms in total. The van der Waals surface area contributed by atoms with Crippen LogP contribution in [-0.4, -0.2) is 45.8 Å². The lowest BCUT2D eigenvalue weighted by atomic mass is 10.0. The van der Waals surface area contributed by atoms with Gasteiger partial charge in [0.15, 0.2) is 11.8 Å². The van der Waals surface area contributed by atoms with Crippen molar-refractivity contribution in [3.8, 4) is 5.75 Å². The van der Waals surface area contributed by atoms with Crippen LogP contribution in [0, 0.1) is 6.92 Å². The predicted molar refractivity (Wildman–Crippen MR) is 147 cm³/mol. The van der Waals surface area contributed by atoms with Crippen LogP contribution in [-0.2, 0) is 20.1 Å². The number of nitrogens with one attached hydrogen (secondary N) is 1. The van der Waals surface area contributed by atoms with Crippen LogP contribution in [0.25, 0.3) is 6.08 Å². The molecule has 1 aliphatic heterocycles. The lowest BCUT2D eigenvalue weighted by Gasteiger charge is -2.31. The van der Waals surface area contributed by atoms with Crippen molar-refractivity contribution in [1.82, 2.24) is 25.0 Å². The highest BCUT2D eigenvalue weighted by atomic mass is 127. The Morgan fingerprint density at radius 2 is 1.76 bits per heavy atom. The van der Waals surface area contributed by atoms with E-state index in [-0.39, 0.29) is 24.0 Å². The minimum absolute atomic E-state index is 0. The molecule has 0 spiro atoms. The summed E-state index contributed by atoms with van der Waals surface area (Å²) >= 11 is 0.